The summed E-state index contributed by atoms with van der Waals surface area (Å²) in [5.74, 6) is 0.364. The summed E-state index contributed by atoms with van der Waals surface area (Å²) in [4.78, 5) is 12.8. The molecule has 5 rings (SSSR count). The molecule has 172 valence electrons. The van der Waals surface area contributed by atoms with Crippen LogP contribution in [0.4, 0.5) is 0 Å². The summed E-state index contributed by atoms with van der Waals surface area (Å²) < 4.78 is 12.1. The molecule has 0 spiro atoms. The van der Waals surface area contributed by atoms with Crippen LogP contribution in [-0.4, -0.2) is 27.0 Å². The highest BCUT2D eigenvalue weighted by Gasteiger charge is 2.41. The Balaban J connectivity index is 1.51. The fourth-order valence-electron chi connectivity index (χ4n) is 4.94. The van der Waals surface area contributed by atoms with Crippen molar-refractivity contribution in [2.45, 2.75) is 62.8 Å². The number of phenols is 1. The van der Waals surface area contributed by atoms with E-state index in [1.807, 2.05) is 49.4 Å². The summed E-state index contributed by atoms with van der Waals surface area (Å²) in [6.45, 7) is 1.82. The van der Waals surface area contributed by atoms with Gasteiger partial charge in [-0.05, 0) is 38.2 Å². The summed E-state index contributed by atoms with van der Waals surface area (Å²) in [5, 5.41) is 32.7. The molecule has 1 aliphatic carbocycles. The van der Waals surface area contributed by atoms with E-state index < -0.39 is 22.7 Å². The molecule has 0 bridgehead atoms. The first-order valence-corrected chi connectivity index (χ1v) is 11.4. The van der Waals surface area contributed by atoms with Crippen LogP contribution in [-0.2, 0) is 12.0 Å². The molecule has 1 fully saturated rings. The fraction of sp³-hybridized carbons (Fsp3) is 0.370. The van der Waals surface area contributed by atoms with Gasteiger partial charge in [-0.25, -0.2) is 0 Å². The molecule has 1 aliphatic heterocycles. The number of aliphatic hydroxyl groups excluding tert-OH is 1. The second-order valence-corrected chi connectivity index (χ2v) is 9.44. The van der Waals surface area contributed by atoms with Gasteiger partial charge in [-0.15, -0.1) is 0 Å². The van der Waals surface area contributed by atoms with E-state index in [2.05, 4.69) is 0 Å². The zero-order valence-corrected chi connectivity index (χ0v) is 18.6. The van der Waals surface area contributed by atoms with Crippen LogP contribution in [0.1, 0.15) is 55.9 Å². The van der Waals surface area contributed by atoms with E-state index >= 15 is 0 Å². The largest absolute Gasteiger partial charge is 0.507 e. The number of fused-ring (bicyclic) bond motifs is 2. The minimum Gasteiger partial charge on any atom is -0.507 e. The molecular formula is C27H28O6. The highest BCUT2D eigenvalue weighted by Crippen LogP contribution is 2.45. The van der Waals surface area contributed by atoms with Crippen LogP contribution in [0.5, 0.6) is 11.5 Å². The Morgan fingerprint density at radius 3 is 2.61 bits per heavy atom. The lowest BCUT2D eigenvalue weighted by atomic mass is 9.85. The molecule has 6 nitrogen and oxygen atoms in total. The minimum atomic E-state index is -1.16. The second-order valence-electron chi connectivity index (χ2n) is 9.44. The van der Waals surface area contributed by atoms with Gasteiger partial charge in [0.25, 0.3) is 0 Å². The van der Waals surface area contributed by atoms with Crippen molar-refractivity contribution in [2.24, 2.45) is 0 Å². The molecule has 33 heavy (non-hydrogen) atoms. The van der Waals surface area contributed by atoms with E-state index in [0.717, 1.165) is 18.4 Å². The second kappa shape index (κ2) is 8.04. The number of hydrogen-bond acceptors (Lipinski definition) is 6. The molecule has 1 aromatic heterocycles. The third kappa shape index (κ3) is 3.83. The predicted molar refractivity (Wildman–Crippen MR) is 125 cm³/mol. The maximum Gasteiger partial charge on any atom is 0.196 e. The first-order valence-electron chi connectivity index (χ1n) is 11.4. The smallest absolute Gasteiger partial charge is 0.196 e. The third-order valence-corrected chi connectivity index (χ3v) is 7.03. The zero-order chi connectivity index (χ0) is 23.2. The number of hydrogen-bond donors (Lipinski definition) is 3. The standard InChI is InChI=1S/C27H28O6/c1-26(11-7-10-17-8-3-2-4-9-17)22(29)14-18-20(33-26)16-21-24(25(18)30)19(28)15-23(32-21)27(31)12-5-6-13-27/h2-4,7-10,15-16,22,29-31H,5-6,11-14H2,1H3. The van der Waals surface area contributed by atoms with E-state index in [-0.39, 0.29) is 28.9 Å². The summed E-state index contributed by atoms with van der Waals surface area (Å²) in [6, 6.07) is 12.7. The van der Waals surface area contributed by atoms with Gasteiger partial charge < -0.3 is 24.5 Å². The number of ether oxygens (including phenoxy) is 1. The molecule has 2 atom stereocenters. The molecule has 0 radical (unpaired) electrons. The average molecular weight is 449 g/mol. The Morgan fingerprint density at radius 1 is 1.15 bits per heavy atom. The minimum absolute atomic E-state index is 0.0440. The van der Waals surface area contributed by atoms with Crippen LogP contribution >= 0.6 is 0 Å². The van der Waals surface area contributed by atoms with Gasteiger partial charge in [0.15, 0.2) is 5.43 Å². The van der Waals surface area contributed by atoms with E-state index in [9.17, 15) is 20.1 Å². The molecular weight excluding hydrogens is 420 g/mol. The molecule has 6 heteroatoms. The summed E-state index contributed by atoms with van der Waals surface area (Å²) in [7, 11) is 0. The lowest BCUT2D eigenvalue weighted by Gasteiger charge is -2.39. The Kier molecular flexibility index (Phi) is 5.30. The van der Waals surface area contributed by atoms with Crippen LogP contribution in [0.3, 0.4) is 0 Å². The highest BCUT2D eigenvalue weighted by molar-refractivity contribution is 5.87. The number of phenolic OH excluding ortho intramolecular Hbond substituents is 1. The maximum atomic E-state index is 12.8. The first kappa shape index (κ1) is 21.7. The van der Waals surface area contributed by atoms with Crippen LogP contribution in [0.15, 0.2) is 57.8 Å². The monoisotopic (exact) mass is 448 g/mol. The normalized spacial score (nSPS) is 24.2. The predicted octanol–water partition coefficient (Wildman–Crippen LogP) is 4.42. The topological polar surface area (TPSA) is 100 Å². The molecule has 3 N–H and O–H groups in total. The van der Waals surface area contributed by atoms with Crippen molar-refractivity contribution < 1.29 is 24.5 Å². The number of benzene rings is 2. The fourth-order valence-corrected chi connectivity index (χ4v) is 4.94. The van der Waals surface area contributed by atoms with E-state index in [1.165, 1.54) is 6.07 Å². The van der Waals surface area contributed by atoms with Crippen LogP contribution < -0.4 is 10.2 Å². The Hall–Kier alpha value is -3.09. The first-order chi connectivity index (χ1) is 15.8. The van der Waals surface area contributed by atoms with Crippen LogP contribution in [0.25, 0.3) is 17.0 Å². The number of rotatable bonds is 4. The van der Waals surface area contributed by atoms with Gasteiger partial charge in [0, 0.05) is 30.5 Å². The van der Waals surface area contributed by atoms with Gasteiger partial charge in [0.1, 0.15) is 39.4 Å². The van der Waals surface area contributed by atoms with Crippen molar-refractivity contribution in [1.29, 1.82) is 0 Å². The molecule has 2 heterocycles. The molecule has 0 amide bonds. The summed E-state index contributed by atoms with van der Waals surface area (Å²) in [5.41, 5.74) is -0.881. The van der Waals surface area contributed by atoms with Crippen molar-refractivity contribution in [1.82, 2.24) is 0 Å². The lowest BCUT2D eigenvalue weighted by molar-refractivity contribution is -0.0523. The molecule has 3 aromatic rings. The van der Waals surface area contributed by atoms with E-state index in [4.69, 9.17) is 9.15 Å². The van der Waals surface area contributed by atoms with Gasteiger partial charge in [0.05, 0.1) is 6.10 Å². The van der Waals surface area contributed by atoms with Crippen molar-refractivity contribution >= 4 is 17.0 Å². The Labute approximate surface area is 191 Å². The zero-order valence-electron chi connectivity index (χ0n) is 18.6. The molecule has 2 aromatic carbocycles. The average Bonchev–Trinajstić information content (AvgIpc) is 3.23. The van der Waals surface area contributed by atoms with Crippen molar-refractivity contribution in [2.75, 3.05) is 0 Å². The van der Waals surface area contributed by atoms with Gasteiger partial charge >= 0.3 is 0 Å². The van der Waals surface area contributed by atoms with E-state index in [0.29, 0.717) is 30.6 Å². The van der Waals surface area contributed by atoms with Gasteiger partial charge in [-0.1, -0.05) is 42.5 Å². The van der Waals surface area contributed by atoms with E-state index in [1.54, 1.807) is 6.07 Å². The summed E-state index contributed by atoms with van der Waals surface area (Å²) in [6.07, 6.45) is 6.45. The van der Waals surface area contributed by atoms with Crippen molar-refractivity contribution in [3.63, 3.8) is 0 Å². The molecule has 2 unspecified atom stereocenters. The molecule has 2 aliphatic rings. The lowest BCUT2D eigenvalue weighted by Crippen LogP contribution is -2.48. The molecule has 1 saturated carbocycles. The Morgan fingerprint density at radius 2 is 1.88 bits per heavy atom. The van der Waals surface area contributed by atoms with Crippen molar-refractivity contribution in [3.8, 4) is 11.5 Å². The maximum absolute atomic E-state index is 12.8. The van der Waals surface area contributed by atoms with Gasteiger partial charge in [-0.3, -0.25) is 4.79 Å². The third-order valence-electron chi connectivity index (χ3n) is 7.03. The van der Waals surface area contributed by atoms with Crippen LogP contribution in [0.2, 0.25) is 0 Å². The summed E-state index contributed by atoms with van der Waals surface area (Å²) >= 11 is 0. The van der Waals surface area contributed by atoms with Gasteiger partial charge in [-0.2, -0.15) is 0 Å². The number of aromatic hydroxyl groups is 1. The SMILES string of the molecule is CC1(CC=Cc2ccccc2)Oc2cc3oc(C4(O)CCCC4)cc(=O)c3c(O)c2CC1O. The quantitative estimate of drug-likeness (QED) is 0.546. The van der Waals surface area contributed by atoms with Crippen LogP contribution in [0, 0.1) is 0 Å². The Bertz CT molecular complexity index is 1270. The number of aliphatic hydroxyl groups is 2. The highest BCUT2D eigenvalue weighted by atomic mass is 16.5. The van der Waals surface area contributed by atoms with Gasteiger partial charge in [0.2, 0.25) is 0 Å². The molecule has 0 saturated heterocycles. The van der Waals surface area contributed by atoms with Crippen molar-refractivity contribution in [3.05, 3.63) is 75.7 Å².